The normalized spacial score (nSPS) is 11.9. The van der Waals surface area contributed by atoms with Crippen LogP contribution in [0.4, 0.5) is 15.8 Å². The Morgan fingerprint density at radius 3 is 2.57 bits per heavy atom. The molecule has 1 unspecified atom stereocenters. The van der Waals surface area contributed by atoms with Crippen molar-refractivity contribution in [2.45, 2.75) is 19.3 Å². The molecule has 0 saturated carbocycles. The minimum Gasteiger partial charge on any atom is -0.377 e. The van der Waals surface area contributed by atoms with Crippen LogP contribution < -0.4 is 5.32 Å². The van der Waals surface area contributed by atoms with E-state index in [1.165, 1.54) is 23.8 Å². The highest BCUT2D eigenvalue weighted by Gasteiger charge is 2.17. The predicted octanol–water partition coefficient (Wildman–Crippen LogP) is 4.34. The molecule has 110 valence electrons. The van der Waals surface area contributed by atoms with E-state index in [0.29, 0.717) is 12.5 Å². The van der Waals surface area contributed by atoms with Crippen LogP contribution in [0, 0.1) is 15.9 Å². The summed E-state index contributed by atoms with van der Waals surface area (Å²) in [6, 6.07) is 13.8. The molecule has 0 heterocycles. The number of anilines is 1. The molecule has 5 heteroatoms. The summed E-state index contributed by atoms with van der Waals surface area (Å²) in [5.74, 6) is -0.305. The number of nitrogens with zero attached hydrogens (tertiary/aromatic N) is 1. The van der Waals surface area contributed by atoms with E-state index in [1.54, 1.807) is 0 Å². The van der Waals surface area contributed by atoms with Gasteiger partial charge in [-0.15, -0.1) is 0 Å². The highest BCUT2D eigenvalue weighted by atomic mass is 19.1. The fourth-order valence-corrected chi connectivity index (χ4v) is 2.20. The van der Waals surface area contributed by atoms with Gasteiger partial charge in [-0.25, -0.2) is 4.39 Å². The second-order valence-electron chi connectivity index (χ2n) is 4.92. The molecular formula is C16H17FN2O2. The first-order valence-corrected chi connectivity index (χ1v) is 6.81. The van der Waals surface area contributed by atoms with Gasteiger partial charge in [0.1, 0.15) is 5.69 Å². The third-order valence-electron chi connectivity index (χ3n) is 3.44. The zero-order chi connectivity index (χ0) is 15.2. The summed E-state index contributed by atoms with van der Waals surface area (Å²) in [5, 5.41) is 13.7. The Bertz CT molecular complexity index is 617. The Morgan fingerprint density at radius 1 is 1.19 bits per heavy atom. The number of hydrogen-bond donors (Lipinski definition) is 1. The number of para-hydroxylation sites is 1. The summed E-state index contributed by atoms with van der Waals surface area (Å²) < 4.78 is 13.7. The fourth-order valence-electron chi connectivity index (χ4n) is 2.20. The average Bonchev–Trinajstić information content (AvgIpc) is 2.49. The third kappa shape index (κ3) is 3.78. The summed E-state index contributed by atoms with van der Waals surface area (Å²) in [6.07, 6.45) is 0.759. The van der Waals surface area contributed by atoms with Crippen molar-refractivity contribution in [2.75, 3.05) is 11.9 Å². The van der Waals surface area contributed by atoms with Gasteiger partial charge in [-0.05, 0) is 24.0 Å². The summed E-state index contributed by atoms with van der Waals surface area (Å²) in [4.78, 5) is 10.3. The van der Waals surface area contributed by atoms with E-state index in [0.717, 1.165) is 6.42 Å². The number of nitro groups is 1. The first kappa shape index (κ1) is 15.0. The topological polar surface area (TPSA) is 55.2 Å². The van der Waals surface area contributed by atoms with Crippen LogP contribution in [0.1, 0.15) is 24.8 Å². The number of rotatable bonds is 6. The van der Waals surface area contributed by atoms with Crippen molar-refractivity contribution in [3.05, 3.63) is 70.0 Å². The van der Waals surface area contributed by atoms with Crippen molar-refractivity contribution < 1.29 is 9.31 Å². The molecule has 1 N–H and O–H groups in total. The number of halogens is 1. The lowest BCUT2D eigenvalue weighted by molar-refractivity contribution is -0.384. The molecule has 4 nitrogen and oxygen atoms in total. The molecule has 0 fully saturated rings. The molecule has 2 aromatic rings. The van der Waals surface area contributed by atoms with Crippen LogP contribution in [-0.4, -0.2) is 11.5 Å². The lowest BCUT2D eigenvalue weighted by Gasteiger charge is -2.13. The molecule has 0 radical (unpaired) electrons. The van der Waals surface area contributed by atoms with Gasteiger partial charge in [0, 0.05) is 12.6 Å². The van der Waals surface area contributed by atoms with Crippen LogP contribution in [-0.2, 0) is 0 Å². The Morgan fingerprint density at radius 2 is 1.90 bits per heavy atom. The SMILES string of the molecule is CC(CCNc1c(F)cccc1[N+](=O)[O-])c1ccccc1. The highest BCUT2D eigenvalue weighted by Crippen LogP contribution is 2.27. The minimum atomic E-state index is -0.600. The van der Waals surface area contributed by atoms with Gasteiger partial charge < -0.3 is 5.32 Å². The third-order valence-corrected chi connectivity index (χ3v) is 3.44. The Labute approximate surface area is 122 Å². The fraction of sp³-hybridized carbons (Fsp3) is 0.250. The standard InChI is InChI=1S/C16H17FN2O2/c1-12(13-6-3-2-4-7-13)10-11-18-16-14(17)8-5-9-15(16)19(20)21/h2-9,12,18H,10-11H2,1H3. The van der Waals surface area contributed by atoms with Crippen LogP contribution >= 0.6 is 0 Å². The summed E-state index contributed by atoms with van der Waals surface area (Å²) >= 11 is 0. The van der Waals surface area contributed by atoms with Gasteiger partial charge in [-0.2, -0.15) is 0 Å². The van der Waals surface area contributed by atoms with E-state index in [4.69, 9.17) is 0 Å². The van der Waals surface area contributed by atoms with Crippen LogP contribution in [0.15, 0.2) is 48.5 Å². The van der Waals surface area contributed by atoms with E-state index >= 15 is 0 Å². The second-order valence-corrected chi connectivity index (χ2v) is 4.92. The maximum absolute atomic E-state index is 13.7. The van der Waals surface area contributed by atoms with Crippen molar-refractivity contribution in [1.29, 1.82) is 0 Å². The van der Waals surface area contributed by atoms with Crippen molar-refractivity contribution in [2.24, 2.45) is 0 Å². The van der Waals surface area contributed by atoms with Gasteiger partial charge in [-0.1, -0.05) is 43.3 Å². The molecule has 2 aromatic carbocycles. The monoisotopic (exact) mass is 288 g/mol. The molecule has 0 aromatic heterocycles. The second kappa shape index (κ2) is 6.83. The largest absolute Gasteiger partial charge is 0.377 e. The van der Waals surface area contributed by atoms with Crippen LogP contribution in [0.25, 0.3) is 0 Å². The molecule has 0 aliphatic carbocycles. The molecule has 21 heavy (non-hydrogen) atoms. The smallest absolute Gasteiger partial charge is 0.295 e. The van der Waals surface area contributed by atoms with E-state index in [1.807, 2.05) is 30.3 Å². The Hall–Kier alpha value is -2.43. The molecule has 0 saturated heterocycles. The first-order chi connectivity index (χ1) is 10.1. The van der Waals surface area contributed by atoms with Gasteiger partial charge in [0.05, 0.1) is 4.92 Å². The van der Waals surface area contributed by atoms with E-state index in [2.05, 4.69) is 12.2 Å². The molecule has 0 bridgehead atoms. The number of nitrogens with one attached hydrogen (secondary N) is 1. The first-order valence-electron chi connectivity index (χ1n) is 6.81. The Kier molecular flexibility index (Phi) is 4.87. The molecule has 1 atom stereocenters. The van der Waals surface area contributed by atoms with Gasteiger partial charge in [0.2, 0.25) is 0 Å². The lowest BCUT2D eigenvalue weighted by Crippen LogP contribution is -2.09. The summed E-state index contributed by atoms with van der Waals surface area (Å²) in [7, 11) is 0. The summed E-state index contributed by atoms with van der Waals surface area (Å²) in [5.41, 5.74) is 0.924. The van der Waals surface area contributed by atoms with Crippen LogP contribution in [0.3, 0.4) is 0 Å². The summed E-state index contributed by atoms with van der Waals surface area (Å²) in [6.45, 7) is 2.55. The number of benzene rings is 2. The van der Waals surface area contributed by atoms with Crippen LogP contribution in [0.2, 0.25) is 0 Å². The van der Waals surface area contributed by atoms with Gasteiger partial charge in [-0.3, -0.25) is 10.1 Å². The van der Waals surface area contributed by atoms with Gasteiger partial charge in [0.25, 0.3) is 5.69 Å². The maximum Gasteiger partial charge on any atom is 0.295 e. The quantitative estimate of drug-likeness (QED) is 0.635. The number of nitro benzene ring substituents is 1. The highest BCUT2D eigenvalue weighted by molar-refractivity contribution is 5.62. The Balaban J connectivity index is 1.99. The van der Waals surface area contributed by atoms with Crippen molar-refractivity contribution >= 4 is 11.4 Å². The van der Waals surface area contributed by atoms with Crippen molar-refractivity contribution in [3.8, 4) is 0 Å². The van der Waals surface area contributed by atoms with Gasteiger partial charge >= 0.3 is 0 Å². The average molecular weight is 288 g/mol. The van der Waals surface area contributed by atoms with E-state index in [9.17, 15) is 14.5 Å². The van der Waals surface area contributed by atoms with Crippen LogP contribution in [0.5, 0.6) is 0 Å². The maximum atomic E-state index is 13.7. The van der Waals surface area contributed by atoms with Crippen molar-refractivity contribution in [3.63, 3.8) is 0 Å². The van der Waals surface area contributed by atoms with Crippen molar-refractivity contribution in [1.82, 2.24) is 0 Å². The molecule has 0 spiro atoms. The van der Waals surface area contributed by atoms with E-state index in [-0.39, 0.29) is 11.4 Å². The lowest BCUT2D eigenvalue weighted by atomic mass is 9.98. The molecule has 0 amide bonds. The number of hydrogen-bond acceptors (Lipinski definition) is 3. The zero-order valence-electron chi connectivity index (χ0n) is 11.8. The minimum absolute atomic E-state index is 0.0391. The molecule has 2 rings (SSSR count). The molecule has 0 aliphatic heterocycles. The molecule has 0 aliphatic rings. The molecular weight excluding hydrogens is 271 g/mol. The zero-order valence-corrected chi connectivity index (χ0v) is 11.8. The van der Waals surface area contributed by atoms with E-state index < -0.39 is 10.7 Å². The van der Waals surface area contributed by atoms with Gasteiger partial charge in [0.15, 0.2) is 5.82 Å². The predicted molar refractivity (Wildman–Crippen MR) is 81.0 cm³/mol.